The van der Waals surface area contributed by atoms with Gasteiger partial charge in [-0.15, -0.1) is 0 Å². The van der Waals surface area contributed by atoms with E-state index in [1.165, 1.54) is 0 Å². The number of rotatable bonds is 9. The topological polar surface area (TPSA) is 62.2 Å². The molecule has 2 fully saturated rings. The second kappa shape index (κ2) is 10.7. The molecule has 5 heteroatoms. The Morgan fingerprint density at radius 3 is 2.13 bits per heavy atom. The van der Waals surface area contributed by atoms with Gasteiger partial charge in [-0.25, -0.2) is 0 Å². The lowest BCUT2D eigenvalue weighted by Gasteiger charge is -2.42. The molecule has 4 rings (SSSR count). The highest BCUT2D eigenvalue weighted by molar-refractivity contribution is 5.37. The standard InChI is InChI=1S/C26H35NO4/c28-24(19-30-20-25-12-7-17-31-25)18-27-15-13-23(14-16-27)26(29,21-8-3-1-4-9-21)22-10-5-2-6-11-22/h1-6,8-11,23-25,28-29H,7,12-20H2/t24-,25+/m1/s1. The van der Waals surface area contributed by atoms with Crippen molar-refractivity contribution in [3.8, 4) is 0 Å². The summed E-state index contributed by atoms with van der Waals surface area (Å²) in [4.78, 5) is 2.28. The molecule has 2 heterocycles. The third kappa shape index (κ3) is 5.54. The van der Waals surface area contributed by atoms with Crippen molar-refractivity contribution in [3.05, 3.63) is 71.8 Å². The number of hydrogen-bond donors (Lipinski definition) is 2. The predicted octanol–water partition coefficient (Wildman–Crippen LogP) is 3.19. The van der Waals surface area contributed by atoms with Gasteiger partial charge in [0.2, 0.25) is 0 Å². The first-order chi connectivity index (χ1) is 15.2. The Hall–Kier alpha value is -1.76. The highest BCUT2D eigenvalue weighted by Gasteiger charge is 2.41. The molecular formula is C26H35NO4. The van der Waals surface area contributed by atoms with E-state index in [4.69, 9.17) is 9.47 Å². The van der Waals surface area contributed by atoms with Crippen molar-refractivity contribution in [1.29, 1.82) is 0 Å². The molecule has 0 unspecified atom stereocenters. The molecular weight excluding hydrogens is 390 g/mol. The van der Waals surface area contributed by atoms with E-state index >= 15 is 0 Å². The third-order valence-corrected chi connectivity index (χ3v) is 6.71. The molecule has 0 aromatic heterocycles. The second-order valence-electron chi connectivity index (χ2n) is 8.90. The summed E-state index contributed by atoms with van der Waals surface area (Å²) in [7, 11) is 0. The number of β-amino-alcohol motifs (C(OH)–C–C–N with tert-alkyl or cyclic N) is 1. The molecule has 2 aliphatic heterocycles. The maximum absolute atomic E-state index is 12.0. The molecule has 0 amide bonds. The summed E-state index contributed by atoms with van der Waals surface area (Å²) in [5.41, 5.74) is 0.891. The monoisotopic (exact) mass is 425 g/mol. The highest BCUT2D eigenvalue weighted by Crippen LogP contribution is 2.41. The van der Waals surface area contributed by atoms with Crippen LogP contribution >= 0.6 is 0 Å². The number of benzene rings is 2. The van der Waals surface area contributed by atoms with Gasteiger partial charge in [0, 0.05) is 13.2 Å². The fourth-order valence-electron chi connectivity index (χ4n) is 5.02. The fourth-order valence-corrected chi connectivity index (χ4v) is 5.02. The summed E-state index contributed by atoms with van der Waals surface area (Å²) in [5.74, 6) is 0.126. The minimum absolute atomic E-state index is 0.126. The number of aliphatic hydroxyl groups excluding tert-OH is 1. The first kappa shape index (κ1) is 22.4. The molecule has 2 aliphatic rings. The molecule has 2 N–H and O–H groups in total. The number of likely N-dealkylation sites (tertiary alicyclic amines) is 1. The van der Waals surface area contributed by atoms with Gasteiger partial charge < -0.3 is 24.6 Å². The van der Waals surface area contributed by atoms with Gasteiger partial charge in [0.25, 0.3) is 0 Å². The molecule has 0 radical (unpaired) electrons. The van der Waals surface area contributed by atoms with Crippen LogP contribution in [0.25, 0.3) is 0 Å². The van der Waals surface area contributed by atoms with Gasteiger partial charge in [-0.2, -0.15) is 0 Å². The Morgan fingerprint density at radius 1 is 0.968 bits per heavy atom. The van der Waals surface area contributed by atoms with E-state index in [2.05, 4.69) is 4.90 Å². The van der Waals surface area contributed by atoms with Crippen LogP contribution in [-0.2, 0) is 15.1 Å². The van der Waals surface area contributed by atoms with Crippen LogP contribution in [0.2, 0.25) is 0 Å². The summed E-state index contributed by atoms with van der Waals surface area (Å²) < 4.78 is 11.2. The summed E-state index contributed by atoms with van der Waals surface area (Å²) in [6.07, 6.45) is 3.60. The minimum Gasteiger partial charge on any atom is -0.389 e. The average molecular weight is 426 g/mol. The van der Waals surface area contributed by atoms with E-state index in [-0.39, 0.29) is 12.0 Å². The van der Waals surface area contributed by atoms with Gasteiger partial charge in [0.1, 0.15) is 5.60 Å². The normalized spacial score (nSPS) is 21.9. The lowest BCUT2D eigenvalue weighted by molar-refractivity contribution is -0.0396. The summed E-state index contributed by atoms with van der Waals surface area (Å²) >= 11 is 0. The molecule has 0 spiro atoms. The fraction of sp³-hybridized carbons (Fsp3) is 0.538. The largest absolute Gasteiger partial charge is 0.389 e. The van der Waals surface area contributed by atoms with E-state index < -0.39 is 11.7 Å². The first-order valence-electron chi connectivity index (χ1n) is 11.6. The quantitative estimate of drug-likeness (QED) is 0.646. The van der Waals surface area contributed by atoms with Crippen molar-refractivity contribution in [1.82, 2.24) is 4.90 Å². The molecule has 2 aromatic rings. The zero-order valence-electron chi connectivity index (χ0n) is 18.2. The molecule has 2 saturated heterocycles. The van der Waals surface area contributed by atoms with Gasteiger partial charge in [0.15, 0.2) is 0 Å². The number of piperidine rings is 1. The van der Waals surface area contributed by atoms with Crippen LogP contribution in [0.3, 0.4) is 0 Å². The van der Waals surface area contributed by atoms with Crippen LogP contribution in [0.4, 0.5) is 0 Å². The Labute approximate surface area is 185 Å². The number of nitrogens with zero attached hydrogens (tertiary/aromatic N) is 1. The maximum atomic E-state index is 12.0. The van der Waals surface area contributed by atoms with Crippen LogP contribution in [0.5, 0.6) is 0 Å². The van der Waals surface area contributed by atoms with Crippen molar-refractivity contribution in [3.63, 3.8) is 0 Å². The summed E-state index contributed by atoms with van der Waals surface area (Å²) in [5, 5.41) is 22.4. The first-order valence-corrected chi connectivity index (χ1v) is 11.6. The Morgan fingerprint density at radius 2 is 1.58 bits per heavy atom. The van der Waals surface area contributed by atoms with E-state index in [0.29, 0.717) is 19.8 Å². The lowest BCUT2D eigenvalue weighted by Crippen LogP contribution is -2.46. The van der Waals surface area contributed by atoms with Gasteiger partial charge in [-0.05, 0) is 55.8 Å². The zero-order chi connectivity index (χ0) is 21.5. The van der Waals surface area contributed by atoms with E-state index in [1.54, 1.807) is 0 Å². The van der Waals surface area contributed by atoms with Crippen LogP contribution in [-0.4, -0.2) is 66.8 Å². The molecule has 31 heavy (non-hydrogen) atoms. The average Bonchev–Trinajstić information content (AvgIpc) is 3.34. The second-order valence-corrected chi connectivity index (χ2v) is 8.90. The van der Waals surface area contributed by atoms with Crippen molar-refractivity contribution in [2.75, 3.05) is 39.5 Å². The van der Waals surface area contributed by atoms with E-state index in [0.717, 1.165) is 56.5 Å². The highest BCUT2D eigenvalue weighted by atomic mass is 16.5. The van der Waals surface area contributed by atoms with Gasteiger partial charge in [-0.1, -0.05) is 60.7 Å². The molecule has 0 aliphatic carbocycles. The van der Waals surface area contributed by atoms with Crippen molar-refractivity contribution < 1.29 is 19.7 Å². The molecule has 168 valence electrons. The lowest BCUT2D eigenvalue weighted by atomic mass is 9.72. The number of aliphatic hydroxyl groups is 2. The minimum atomic E-state index is -1.00. The van der Waals surface area contributed by atoms with Crippen LogP contribution < -0.4 is 0 Å². The Bertz CT molecular complexity index is 731. The molecule has 2 atom stereocenters. The number of ether oxygens (including phenoxy) is 2. The van der Waals surface area contributed by atoms with Crippen molar-refractivity contribution in [2.24, 2.45) is 5.92 Å². The van der Waals surface area contributed by atoms with Crippen LogP contribution in [0, 0.1) is 5.92 Å². The van der Waals surface area contributed by atoms with Gasteiger partial charge >= 0.3 is 0 Å². The summed E-state index contributed by atoms with van der Waals surface area (Å²) in [6, 6.07) is 20.0. The van der Waals surface area contributed by atoms with Crippen molar-refractivity contribution >= 4 is 0 Å². The van der Waals surface area contributed by atoms with Crippen LogP contribution in [0.15, 0.2) is 60.7 Å². The van der Waals surface area contributed by atoms with E-state index in [1.807, 2.05) is 60.7 Å². The zero-order valence-corrected chi connectivity index (χ0v) is 18.2. The predicted molar refractivity (Wildman–Crippen MR) is 121 cm³/mol. The van der Waals surface area contributed by atoms with Crippen LogP contribution in [0.1, 0.15) is 36.8 Å². The Kier molecular flexibility index (Phi) is 7.75. The van der Waals surface area contributed by atoms with E-state index in [9.17, 15) is 10.2 Å². The van der Waals surface area contributed by atoms with Crippen molar-refractivity contribution in [2.45, 2.75) is 43.5 Å². The molecule has 0 bridgehead atoms. The Balaban J connectivity index is 1.33. The van der Waals surface area contributed by atoms with Gasteiger partial charge in [0.05, 0.1) is 25.4 Å². The maximum Gasteiger partial charge on any atom is 0.117 e. The number of hydrogen-bond acceptors (Lipinski definition) is 5. The summed E-state index contributed by atoms with van der Waals surface area (Å²) in [6.45, 7) is 4.06. The smallest absolute Gasteiger partial charge is 0.117 e. The van der Waals surface area contributed by atoms with Gasteiger partial charge in [-0.3, -0.25) is 0 Å². The third-order valence-electron chi connectivity index (χ3n) is 6.71. The molecule has 2 aromatic carbocycles. The molecule has 5 nitrogen and oxygen atoms in total. The molecule has 0 saturated carbocycles. The SMILES string of the molecule is O[C@@H](COC[C@@H]1CCCO1)CN1CCC(C(O)(c2ccccc2)c2ccccc2)CC1.